The van der Waals surface area contributed by atoms with Crippen molar-refractivity contribution in [2.45, 2.75) is 90.1 Å². The molecular formula is C19H38N2. The number of likely N-dealkylation sites (N-methyl/N-ethyl adjacent to an activating group) is 2. The normalized spacial score (nSPS) is 19.0. The summed E-state index contributed by atoms with van der Waals surface area (Å²) >= 11 is 0. The largest absolute Gasteiger partial charge is 0.312 e. The molecule has 1 rings (SSSR count). The van der Waals surface area contributed by atoms with Crippen molar-refractivity contribution in [3.8, 4) is 0 Å². The Labute approximate surface area is 133 Å². The molecule has 0 aromatic carbocycles. The Morgan fingerprint density at radius 3 is 2.29 bits per heavy atom. The lowest BCUT2D eigenvalue weighted by atomic mass is 9.82. The minimum Gasteiger partial charge on any atom is -0.312 e. The van der Waals surface area contributed by atoms with Crippen LogP contribution in [0.15, 0.2) is 12.7 Å². The second kappa shape index (κ2) is 10.4. The first-order valence-corrected chi connectivity index (χ1v) is 9.34. The quantitative estimate of drug-likeness (QED) is 0.412. The lowest BCUT2D eigenvalue weighted by molar-refractivity contribution is 0.0592. The fraction of sp³-hybridized carbons (Fsp3) is 0.895. The molecule has 1 unspecified atom stereocenters. The molecule has 1 aliphatic rings. The molecule has 0 aromatic heterocycles. The van der Waals surface area contributed by atoms with Gasteiger partial charge in [0.2, 0.25) is 0 Å². The Hall–Kier alpha value is -0.340. The molecule has 1 N–H and O–H groups in total. The summed E-state index contributed by atoms with van der Waals surface area (Å²) in [4.78, 5) is 2.75. The van der Waals surface area contributed by atoms with Crippen molar-refractivity contribution >= 4 is 0 Å². The van der Waals surface area contributed by atoms with Crippen LogP contribution < -0.4 is 5.32 Å². The molecule has 1 saturated carbocycles. The van der Waals surface area contributed by atoms with Gasteiger partial charge in [-0.3, -0.25) is 4.90 Å². The molecule has 0 bridgehead atoms. The van der Waals surface area contributed by atoms with Crippen molar-refractivity contribution in [2.24, 2.45) is 0 Å². The van der Waals surface area contributed by atoms with Crippen molar-refractivity contribution in [1.29, 1.82) is 0 Å². The molecule has 0 amide bonds. The van der Waals surface area contributed by atoms with Crippen LogP contribution in [-0.2, 0) is 0 Å². The van der Waals surface area contributed by atoms with Crippen molar-refractivity contribution < 1.29 is 0 Å². The molecule has 0 saturated heterocycles. The van der Waals surface area contributed by atoms with Gasteiger partial charge in [0.05, 0.1) is 0 Å². The number of unbranched alkanes of at least 4 members (excludes halogenated alkanes) is 3. The van der Waals surface area contributed by atoms with Crippen LogP contribution >= 0.6 is 0 Å². The van der Waals surface area contributed by atoms with Gasteiger partial charge in [-0.05, 0) is 51.7 Å². The summed E-state index contributed by atoms with van der Waals surface area (Å²) in [5, 5.41) is 3.84. The molecule has 21 heavy (non-hydrogen) atoms. The van der Waals surface area contributed by atoms with Crippen LogP contribution in [0.1, 0.15) is 78.6 Å². The third kappa shape index (κ3) is 5.10. The minimum atomic E-state index is 0.429. The first-order chi connectivity index (χ1) is 10.2. The van der Waals surface area contributed by atoms with Gasteiger partial charge in [0.15, 0.2) is 0 Å². The molecule has 0 spiro atoms. The molecule has 0 heterocycles. The van der Waals surface area contributed by atoms with Crippen LogP contribution in [0.4, 0.5) is 0 Å². The first kappa shape index (κ1) is 18.7. The molecule has 2 heteroatoms. The van der Waals surface area contributed by atoms with E-state index in [0.717, 1.165) is 6.54 Å². The summed E-state index contributed by atoms with van der Waals surface area (Å²) in [5.41, 5.74) is 0.429. The fourth-order valence-electron chi connectivity index (χ4n) is 4.35. The average molecular weight is 295 g/mol. The highest BCUT2D eigenvalue weighted by Crippen LogP contribution is 2.39. The van der Waals surface area contributed by atoms with Gasteiger partial charge in [0.25, 0.3) is 0 Å². The maximum Gasteiger partial charge on any atom is 0.0362 e. The maximum absolute atomic E-state index is 3.84. The third-order valence-electron chi connectivity index (χ3n) is 5.36. The monoisotopic (exact) mass is 294 g/mol. The van der Waals surface area contributed by atoms with Crippen LogP contribution in [0, 0.1) is 0 Å². The highest BCUT2D eigenvalue weighted by Gasteiger charge is 2.43. The molecule has 1 aliphatic carbocycles. The lowest BCUT2D eigenvalue weighted by Crippen LogP contribution is -2.59. The van der Waals surface area contributed by atoms with E-state index in [0.29, 0.717) is 11.6 Å². The number of allylic oxidation sites excluding steroid dienone is 1. The molecule has 1 fully saturated rings. The van der Waals surface area contributed by atoms with Gasteiger partial charge in [-0.15, -0.1) is 6.58 Å². The van der Waals surface area contributed by atoms with Gasteiger partial charge in [-0.1, -0.05) is 52.5 Å². The Morgan fingerprint density at radius 1 is 1.10 bits per heavy atom. The number of hydrogen-bond donors (Lipinski definition) is 1. The number of hydrogen-bond acceptors (Lipinski definition) is 2. The standard InChI is InChI=1S/C19H38N2/c1-5-9-10-11-12-15-18(20-6-2)19(16-13-14-17-19)21(7-3)8-4/h5,18,20H,1,6-17H2,2-4H3. The zero-order chi connectivity index (χ0) is 15.6. The van der Waals surface area contributed by atoms with E-state index in [1.54, 1.807) is 0 Å². The Morgan fingerprint density at radius 2 is 1.76 bits per heavy atom. The van der Waals surface area contributed by atoms with Crippen molar-refractivity contribution in [3.05, 3.63) is 12.7 Å². The molecular weight excluding hydrogens is 256 g/mol. The number of nitrogens with one attached hydrogen (secondary N) is 1. The third-order valence-corrected chi connectivity index (χ3v) is 5.36. The van der Waals surface area contributed by atoms with E-state index in [4.69, 9.17) is 0 Å². The summed E-state index contributed by atoms with van der Waals surface area (Å²) in [7, 11) is 0. The number of rotatable bonds is 12. The fourth-order valence-corrected chi connectivity index (χ4v) is 4.35. The first-order valence-electron chi connectivity index (χ1n) is 9.34. The van der Waals surface area contributed by atoms with E-state index < -0.39 is 0 Å². The van der Waals surface area contributed by atoms with Crippen molar-refractivity contribution in [3.63, 3.8) is 0 Å². The zero-order valence-corrected chi connectivity index (χ0v) is 14.8. The lowest BCUT2D eigenvalue weighted by Gasteiger charge is -2.47. The Balaban J connectivity index is 2.66. The van der Waals surface area contributed by atoms with E-state index in [1.807, 2.05) is 0 Å². The minimum absolute atomic E-state index is 0.429. The van der Waals surface area contributed by atoms with Crippen LogP contribution in [0.2, 0.25) is 0 Å². The van der Waals surface area contributed by atoms with Crippen LogP contribution in [0.25, 0.3) is 0 Å². The highest BCUT2D eigenvalue weighted by atomic mass is 15.2. The van der Waals surface area contributed by atoms with Gasteiger partial charge >= 0.3 is 0 Å². The van der Waals surface area contributed by atoms with Gasteiger partial charge in [-0.2, -0.15) is 0 Å². The smallest absolute Gasteiger partial charge is 0.0362 e. The predicted octanol–water partition coefficient (Wildman–Crippen LogP) is 4.76. The van der Waals surface area contributed by atoms with Crippen molar-refractivity contribution in [2.75, 3.05) is 19.6 Å². The van der Waals surface area contributed by atoms with Crippen LogP contribution in [0.5, 0.6) is 0 Å². The summed E-state index contributed by atoms with van der Waals surface area (Å²) in [5.74, 6) is 0. The molecule has 1 atom stereocenters. The van der Waals surface area contributed by atoms with Crippen molar-refractivity contribution in [1.82, 2.24) is 10.2 Å². The molecule has 2 nitrogen and oxygen atoms in total. The topological polar surface area (TPSA) is 15.3 Å². The summed E-state index contributed by atoms with van der Waals surface area (Å²) < 4.78 is 0. The number of nitrogens with zero attached hydrogens (tertiary/aromatic N) is 1. The summed E-state index contributed by atoms with van der Waals surface area (Å²) in [6.07, 6.45) is 14.2. The highest BCUT2D eigenvalue weighted by molar-refractivity contribution is 5.03. The summed E-state index contributed by atoms with van der Waals surface area (Å²) in [6.45, 7) is 14.2. The van der Waals surface area contributed by atoms with Gasteiger partial charge < -0.3 is 5.32 Å². The second-order valence-electron chi connectivity index (χ2n) is 6.52. The molecule has 124 valence electrons. The zero-order valence-electron chi connectivity index (χ0n) is 14.8. The average Bonchev–Trinajstić information content (AvgIpc) is 2.98. The van der Waals surface area contributed by atoms with E-state index in [9.17, 15) is 0 Å². The van der Waals surface area contributed by atoms with Gasteiger partial charge in [0, 0.05) is 11.6 Å². The Bertz CT molecular complexity index is 265. The molecule has 0 aromatic rings. The SMILES string of the molecule is C=CCCCCCC(NCC)C1(N(CC)CC)CCCC1. The van der Waals surface area contributed by atoms with Crippen LogP contribution in [0.3, 0.4) is 0 Å². The van der Waals surface area contributed by atoms with E-state index in [1.165, 1.54) is 70.9 Å². The second-order valence-corrected chi connectivity index (χ2v) is 6.52. The van der Waals surface area contributed by atoms with Gasteiger partial charge in [0.1, 0.15) is 0 Å². The molecule has 0 aliphatic heterocycles. The molecule has 0 radical (unpaired) electrons. The van der Waals surface area contributed by atoms with E-state index >= 15 is 0 Å². The Kier molecular flexibility index (Phi) is 9.26. The maximum atomic E-state index is 3.84. The van der Waals surface area contributed by atoms with Crippen LogP contribution in [-0.4, -0.2) is 36.1 Å². The predicted molar refractivity (Wildman–Crippen MR) is 94.9 cm³/mol. The van der Waals surface area contributed by atoms with E-state index in [-0.39, 0.29) is 0 Å². The van der Waals surface area contributed by atoms with Gasteiger partial charge in [-0.25, -0.2) is 0 Å². The van der Waals surface area contributed by atoms with E-state index in [2.05, 4.69) is 43.6 Å². The summed E-state index contributed by atoms with van der Waals surface area (Å²) in [6, 6.07) is 0.675.